The van der Waals surface area contributed by atoms with Crippen molar-refractivity contribution in [1.82, 2.24) is 0 Å². The van der Waals surface area contributed by atoms with E-state index in [1.165, 1.54) is 0 Å². The Morgan fingerprint density at radius 1 is 1.00 bits per heavy atom. The van der Waals surface area contributed by atoms with Crippen LogP contribution >= 0.6 is 0 Å². The molecule has 0 aromatic carbocycles. The second kappa shape index (κ2) is 7.02. The van der Waals surface area contributed by atoms with Crippen molar-refractivity contribution in [3.8, 4) is 0 Å². The Morgan fingerprint density at radius 2 is 1.27 bits per heavy atom. The zero-order chi connectivity index (χ0) is 8.04. The van der Waals surface area contributed by atoms with Gasteiger partial charge < -0.3 is 0 Å². The Bertz CT molecular complexity index is 115. The van der Waals surface area contributed by atoms with Crippen LogP contribution in [-0.2, 0) is 0 Å². The zero-order valence-corrected chi connectivity index (χ0v) is 11.0. The van der Waals surface area contributed by atoms with Crippen molar-refractivity contribution < 1.29 is 1.43 Å². The minimum absolute atomic E-state index is 0. The van der Waals surface area contributed by atoms with E-state index in [-0.39, 0.29) is 32.7 Å². The topological polar surface area (TPSA) is 0 Å². The van der Waals surface area contributed by atoms with Crippen LogP contribution in [0.4, 0.5) is 0 Å². The molecule has 0 unspecified atom stereocenters. The molecule has 1 aliphatic carbocycles. The van der Waals surface area contributed by atoms with E-state index >= 15 is 0 Å². The van der Waals surface area contributed by atoms with E-state index in [0.29, 0.717) is 0 Å². The molecule has 0 fully saturated rings. The van der Waals surface area contributed by atoms with Crippen molar-refractivity contribution in [2.75, 3.05) is 0 Å². The summed E-state index contributed by atoms with van der Waals surface area (Å²) in [5.74, 6) is 0. The summed E-state index contributed by atoms with van der Waals surface area (Å²) < 4.78 is 0. The minimum Gasteiger partial charge on any atom is -0.0767 e. The van der Waals surface area contributed by atoms with Gasteiger partial charge in [-0.05, 0) is 12.3 Å². The van der Waals surface area contributed by atoms with Gasteiger partial charge in [0.25, 0.3) is 0 Å². The van der Waals surface area contributed by atoms with Gasteiger partial charge in [-0.25, -0.2) is 0 Å². The van der Waals surface area contributed by atoms with Crippen molar-refractivity contribution in [1.29, 1.82) is 0 Å². The molecule has 61 valence electrons. The van der Waals surface area contributed by atoms with Crippen LogP contribution in [0.2, 0.25) is 0 Å². The fourth-order valence-electron chi connectivity index (χ4n) is 0.321. The molecule has 0 aromatic heterocycles. The summed E-state index contributed by atoms with van der Waals surface area (Å²) in [4.78, 5) is 0. The molecular weight excluding hydrogens is 235 g/mol. The summed E-state index contributed by atoms with van der Waals surface area (Å²) in [6.07, 6.45) is 10.0. The van der Waals surface area contributed by atoms with E-state index < -0.39 is 0 Å². The van der Waals surface area contributed by atoms with E-state index in [1.807, 2.05) is 30.7 Å². The molecule has 0 saturated carbocycles. The first kappa shape index (κ1) is 13.9. The third-order valence-electron chi connectivity index (χ3n) is 0.556. The Hall–Kier alpha value is 0.350. The molecule has 0 nitrogen and oxygen atoms in total. The average molecular weight is 253 g/mol. The number of hydrogen-bond acceptors (Lipinski definition) is 0. The Kier molecular flexibility index (Phi) is 8.88. The van der Waals surface area contributed by atoms with Crippen LogP contribution in [0, 0.1) is 18.8 Å². The molecule has 0 saturated heterocycles. The second-order valence-corrected chi connectivity index (χ2v) is 3.52. The van der Waals surface area contributed by atoms with Crippen molar-refractivity contribution in [2.24, 2.45) is 5.41 Å². The van der Waals surface area contributed by atoms with Gasteiger partial charge >= 0.3 is 0 Å². The van der Waals surface area contributed by atoms with Crippen LogP contribution in [0.15, 0.2) is 24.3 Å². The summed E-state index contributed by atoms with van der Waals surface area (Å²) in [6.45, 7) is 10.0. The standard InChI is InChI=1S/C5H5.C5H11.In.H2/c1-2-4-5-3-1;1-5(2,3)4;;/h1-5H;1H2,2-4H3;;1H. The number of allylic oxidation sites excluding steroid dienone is 4. The van der Waals surface area contributed by atoms with Crippen molar-refractivity contribution in [3.63, 3.8) is 0 Å². The maximum absolute atomic E-state index is 3.77. The Balaban J connectivity index is -0.000000116. The van der Waals surface area contributed by atoms with Gasteiger partial charge in [-0.2, -0.15) is 0 Å². The molecular formula is C10H18In. The van der Waals surface area contributed by atoms with E-state index in [4.69, 9.17) is 0 Å². The predicted molar refractivity (Wildman–Crippen MR) is 55.3 cm³/mol. The van der Waals surface area contributed by atoms with Gasteiger partial charge in [-0.3, -0.25) is 0 Å². The fourth-order valence-corrected chi connectivity index (χ4v) is 0.321. The van der Waals surface area contributed by atoms with Crippen LogP contribution in [0.1, 0.15) is 22.2 Å². The van der Waals surface area contributed by atoms with Gasteiger partial charge in [-0.1, -0.05) is 45.1 Å². The quantitative estimate of drug-likeness (QED) is 0.622. The summed E-state index contributed by atoms with van der Waals surface area (Å²) in [6, 6.07) is 0. The molecule has 1 rings (SSSR count). The molecule has 0 heterocycles. The predicted octanol–water partition coefficient (Wildman–Crippen LogP) is 3.05. The van der Waals surface area contributed by atoms with Crippen molar-refractivity contribution in [2.45, 2.75) is 20.8 Å². The van der Waals surface area contributed by atoms with Crippen molar-refractivity contribution in [3.05, 3.63) is 37.6 Å². The first-order valence-electron chi connectivity index (χ1n) is 3.52. The van der Waals surface area contributed by atoms with Crippen LogP contribution in [0.3, 0.4) is 0 Å². The van der Waals surface area contributed by atoms with Crippen LogP contribution in [0.5, 0.6) is 0 Å². The largest absolute Gasteiger partial charge is 0.0767 e. The van der Waals surface area contributed by atoms with E-state index in [9.17, 15) is 0 Å². The zero-order valence-electron chi connectivity index (χ0n) is 7.67. The molecule has 11 heavy (non-hydrogen) atoms. The molecule has 0 atom stereocenters. The number of hydrogen-bond donors (Lipinski definition) is 0. The molecule has 0 N–H and O–H groups in total. The molecule has 0 spiro atoms. The van der Waals surface area contributed by atoms with Crippen molar-refractivity contribution >= 4 is 25.8 Å². The summed E-state index contributed by atoms with van der Waals surface area (Å²) in [5, 5.41) is 0. The molecule has 0 bridgehead atoms. The third kappa shape index (κ3) is 25.2. The number of rotatable bonds is 0. The second-order valence-electron chi connectivity index (χ2n) is 3.52. The molecule has 5 radical (unpaired) electrons. The Morgan fingerprint density at radius 3 is 1.36 bits per heavy atom. The van der Waals surface area contributed by atoms with Crippen LogP contribution in [0.25, 0.3) is 0 Å². The summed E-state index contributed by atoms with van der Waals surface area (Å²) in [5.41, 5.74) is 0.250. The van der Waals surface area contributed by atoms with Crippen LogP contribution in [-0.4, -0.2) is 25.8 Å². The molecule has 1 heteroatoms. The SMILES string of the molecule is [CH2]C(C)(C)C.[CH]1C=CC=C1.[HH].[In]. The van der Waals surface area contributed by atoms with Crippen LogP contribution < -0.4 is 0 Å². The van der Waals surface area contributed by atoms with E-state index in [1.54, 1.807) is 0 Å². The van der Waals surface area contributed by atoms with Gasteiger partial charge in [0, 0.05) is 33.7 Å². The maximum Gasteiger partial charge on any atom is 0.00506 e. The van der Waals surface area contributed by atoms with Gasteiger partial charge in [0.1, 0.15) is 0 Å². The van der Waals surface area contributed by atoms with Gasteiger partial charge in [-0.15, -0.1) is 0 Å². The summed E-state index contributed by atoms with van der Waals surface area (Å²) in [7, 11) is 0. The molecule has 1 aliphatic rings. The normalized spacial score (nSPS) is 13.5. The first-order chi connectivity index (χ1) is 4.50. The summed E-state index contributed by atoms with van der Waals surface area (Å²) >= 11 is 0. The molecule has 0 amide bonds. The average Bonchev–Trinajstić information content (AvgIpc) is 2.07. The molecule has 0 aliphatic heterocycles. The smallest absolute Gasteiger partial charge is 0.00506 e. The maximum atomic E-state index is 3.77. The molecule has 0 aromatic rings. The van der Waals surface area contributed by atoms with Gasteiger partial charge in [0.05, 0.1) is 0 Å². The monoisotopic (exact) mass is 253 g/mol. The fraction of sp³-hybridized carbons (Fsp3) is 0.400. The third-order valence-corrected chi connectivity index (χ3v) is 0.556. The van der Waals surface area contributed by atoms with Gasteiger partial charge in [0.15, 0.2) is 0 Å². The van der Waals surface area contributed by atoms with Gasteiger partial charge in [0.2, 0.25) is 0 Å². The Labute approximate surface area is 91.0 Å². The first-order valence-corrected chi connectivity index (χ1v) is 3.52. The minimum atomic E-state index is 0. The van der Waals surface area contributed by atoms with E-state index in [0.717, 1.165) is 0 Å². The van der Waals surface area contributed by atoms with E-state index in [2.05, 4.69) is 27.7 Å².